The zero-order chi connectivity index (χ0) is 14.4. The molecule has 1 aromatic rings. The van der Waals surface area contributed by atoms with Gasteiger partial charge in [-0.2, -0.15) is 0 Å². The quantitative estimate of drug-likeness (QED) is 0.638. The molecule has 2 nitrogen and oxygen atoms in total. The van der Waals surface area contributed by atoms with Gasteiger partial charge >= 0.3 is 0 Å². The number of thiocarbonyl (C=S) groups is 1. The second-order valence-corrected chi connectivity index (χ2v) is 5.61. The lowest BCUT2D eigenvalue weighted by Gasteiger charge is -2.14. The Bertz CT molecular complexity index is 511. The van der Waals surface area contributed by atoms with Crippen LogP contribution >= 0.6 is 12.2 Å². The number of hydrogen-bond donors (Lipinski definition) is 2. The molecule has 0 fully saturated rings. The molecule has 0 heterocycles. The van der Waals surface area contributed by atoms with Gasteiger partial charge in [-0.1, -0.05) is 17.7 Å². The first-order chi connectivity index (χ1) is 9.65. The number of halogens is 1. The highest BCUT2D eigenvalue weighted by atomic mass is 32.1. The minimum atomic E-state index is -0.217. The van der Waals surface area contributed by atoms with Crippen LogP contribution in [0, 0.1) is 12.7 Å². The maximum Gasteiger partial charge on any atom is 0.170 e. The highest BCUT2D eigenvalue weighted by Gasteiger charge is 2.04. The molecule has 1 aliphatic carbocycles. The molecule has 0 aliphatic heterocycles. The Balaban J connectivity index is 1.74. The van der Waals surface area contributed by atoms with Crippen LogP contribution in [0.15, 0.2) is 29.8 Å². The summed E-state index contributed by atoms with van der Waals surface area (Å²) in [7, 11) is 0. The van der Waals surface area contributed by atoms with Gasteiger partial charge in [0.1, 0.15) is 5.82 Å². The van der Waals surface area contributed by atoms with E-state index < -0.39 is 0 Å². The van der Waals surface area contributed by atoms with Crippen LogP contribution in [0.5, 0.6) is 0 Å². The predicted molar refractivity (Wildman–Crippen MR) is 86.5 cm³/mol. The van der Waals surface area contributed by atoms with E-state index in [-0.39, 0.29) is 5.82 Å². The van der Waals surface area contributed by atoms with E-state index in [0.29, 0.717) is 16.4 Å². The van der Waals surface area contributed by atoms with Crippen molar-refractivity contribution < 1.29 is 4.39 Å². The Morgan fingerprint density at radius 2 is 2.20 bits per heavy atom. The fraction of sp³-hybridized carbons (Fsp3) is 0.438. The summed E-state index contributed by atoms with van der Waals surface area (Å²) in [6.45, 7) is 2.57. The van der Waals surface area contributed by atoms with Gasteiger partial charge in [0.25, 0.3) is 0 Å². The fourth-order valence-corrected chi connectivity index (χ4v) is 2.53. The van der Waals surface area contributed by atoms with E-state index in [0.717, 1.165) is 13.0 Å². The summed E-state index contributed by atoms with van der Waals surface area (Å²) < 4.78 is 13.4. The lowest BCUT2D eigenvalue weighted by molar-refractivity contribution is 0.619. The van der Waals surface area contributed by atoms with Gasteiger partial charge in [0.2, 0.25) is 0 Å². The topological polar surface area (TPSA) is 24.1 Å². The van der Waals surface area contributed by atoms with E-state index in [4.69, 9.17) is 12.2 Å². The summed E-state index contributed by atoms with van der Waals surface area (Å²) in [5, 5.41) is 6.72. The summed E-state index contributed by atoms with van der Waals surface area (Å²) in [5.41, 5.74) is 2.84. The molecule has 0 saturated heterocycles. The van der Waals surface area contributed by atoms with E-state index in [1.54, 1.807) is 13.0 Å². The van der Waals surface area contributed by atoms with Crippen molar-refractivity contribution in [2.24, 2.45) is 0 Å². The van der Waals surface area contributed by atoms with Crippen LogP contribution in [0.4, 0.5) is 10.1 Å². The molecule has 2 N–H and O–H groups in total. The van der Waals surface area contributed by atoms with Crippen LogP contribution in [0.2, 0.25) is 0 Å². The second-order valence-electron chi connectivity index (χ2n) is 5.20. The summed E-state index contributed by atoms with van der Waals surface area (Å²) in [6, 6.07) is 5.04. The highest BCUT2D eigenvalue weighted by Crippen LogP contribution is 2.19. The van der Waals surface area contributed by atoms with Crippen LogP contribution in [0.3, 0.4) is 0 Å². The third kappa shape index (κ3) is 4.60. The van der Waals surface area contributed by atoms with E-state index in [9.17, 15) is 4.39 Å². The molecule has 108 valence electrons. The Kier molecular flexibility index (Phi) is 5.53. The van der Waals surface area contributed by atoms with Crippen molar-refractivity contribution >= 4 is 23.0 Å². The van der Waals surface area contributed by atoms with Crippen molar-refractivity contribution in [2.75, 3.05) is 11.9 Å². The molecular formula is C16H21FN2S. The van der Waals surface area contributed by atoms with Gasteiger partial charge in [0.15, 0.2) is 5.11 Å². The normalized spacial score (nSPS) is 14.6. The van der Waals surface area contributed by atoms with Gasteiger partial charge in [-0.15, -0.1) is 0 Å². The minimum absolute atomic E-state index is 0.217. The molecule has 1 aromatic carbocycles. The van der Waals surface area contributed by atoms with Gasteiger partial charge in [-0.05, 0) is 68.9 Å². The van der Waals surface area contributed by atoms with Crippen LogP contribution < -0.4 is 10.6 Å². The lowest BCUT2D eigenvalue weighted by atomic mass is 9.97. The Labute approximate surface area is 125 Å². The average Bonchev–Trinajstić information content (AvgIpc) is 2.44. The molecule has 0 radical (unpaired) electrons. The predicted octanol–water partition coefficient (Wildman–Crippen LogP) is 4.31. The van der Waals surface area contributed by atoms with Crippen molar-refractivity contribution in [2.45, 2.75) is 39.0 Å². The average molecular weight is 292 g/mol. The van der Waals surface area contributed by atoms with Crippen LogP contribution in [0.25, 0.3) is 0 Å². The van der Waals surface area contributed by atoms with Crippen molar-refractivity contribution in [3.8, 4) is 0 Å². The molecule has 2 rings (SSSR count). The largest absolute Gasteiger partial charge is 0.362 e. The molecule has 0 aromatic heterocycles. The molecule has 1 aliphatic rings. The first kappa shape index (κ1) is 15.0. The summed E-state index contributed by atoms with van der Waals surface area (Å²) in [5.74, 6) is -0.217. The van der Waals surface area contributed by atoms with Gasteiger partial charge in [-0.25, -0.2) is 4.39 Å². The summed E-state index contributed by atoms with van der Waals surface area (Å²) in [4.78, 5) is 0. The van der Waals surface area contributed by atoms with E-state index in [1.807, 2.05) is 6.07 Å². The molecular weight excluding hydrogens is 271 g/mol. The SMILES string of the molecule is Cc1ccc(NC(=S)NCCC2=CCCCC2)cc1F. The first-order valence-corrected chi connectivity index (χ1v) is 7.55. The van der Waals surface area contributed by atoms with Crippen LogP contribution in [-0.2, 0) is 0 Å². The molecule has 0 spiro atoms. The summed E-state index contributed by atoms with van der Waals surface area (Å²) >= 11 is 5.21. The molecule has 0 atom stereocenters. The number of nitrogens with one attached hydrogen (secondary N) is 2. The number of benzene rings is 1. The molecule has 0 bridgehead atoms. The number of rotatable bonds is 4. The summed E-state index contributed by atoms with van der Waals surface area (Å²) in [6.07, 6.45) is 8.42. The zero-order valence-corrected chi connectivity index (χ0v) is 12.7. The molecule has 4 heteroatoms. The van der Waals surface area contributed by atoms with Crippen LogP contribution in [0.1, 0.15) is 37.7 Å². The molecule has 0 unspecified atom stereocenters. The molecule has 20 heavy (non-hydrogen) atoms. The zero-order valence-electron chi connectivity index (χ0n) is 11.8. The highest BCUT2D eigenvalue weighted by molar-refractivity contribution is 7.80. The van der Waals surface area contributed by atoms with Crippen molar-refractivity contribution in [3.05, 3.63) is 41.2 Å². The Morgan fingerprint density at radius 3 is 2.90 bits per heavy atom. The van der Waals surface area contributed by atoms with E-state index in [1.165, 1.54) is 37.3 Å². The smallest absolute Gasteiger partial charge is 0.170 e. The maximum atomic E-state index is 13.4. The second kappa shape index (κ2) is 7.39. The first-order valence-electron chi connectivity index (χ1n) is 7.14. The van der Waals surface area contributed by atoms with Gasteiger partial charge in [0.05, 0.1) is 0 Å². The van der Waals surface area contributed by atoms with E-state index in [2.05, 4.69) is 16.7 Å². The molecule has 0 amide bonds. The van der Waals surface area contributed by atoms with Gasteiger partial charge in [0, 0.05) is 12.2 Å². The van der Waals surface area contributed by atoms with Crippen molar-refractivity contribution in [1.29, 1.82) is 0 Å². The minimum Gasteiger partial charge on any atom is -0.362 e. The number of aryl methyl sites for hydroxylation is 1. The monoisotopic (exact) mass is 292 g/mol. The third-order valence-corrected chi connectivity index (χ3v) is 3.79. The standard InChI is InChI=1S/C16H21FN2S/c1-12-7-8-14(11-15(12)17)19-16(20)18-10-9-13-5-3-2-4-6-13/h5,7-8,11H,2-4,6,9-10H2,1H3,(H2,18,19,20). The van der Waals surface area contributed by atoms with E-state index >= 15 is 0 Å². The van der Waals surface area contributed by atoms with Gasteiger partial charge in [-0.3, -0.25) is 0 Å². The number of hydrogen-bond acceptors (Lipinski definition) is 1. The number of anilines is 1. The maximum absolute atomic E-state index is 13.4. The lowest BCUT2D eigenvalue weighted by Crippen LogP contribution is -2.29. The number of allylic oxidation sites excluding steroid dienone is 1. The van der Waals surface area contributed by atoms with Crippen molar-refractivity contribution in [1.82, 2.24) is 5.32 Å². The molecule has 0 saturated carbocycles. The Hall–Kier alpha value is -1.42. The van der Waals surface area contributed by atoms with Gasteiger partial charge < -0.3 is 10.6 Å². The van der Waals surface area contributed by atoms with Crippen LogP contribution in [-0.4, -0.2) is 11.7 Å². The van der Waals surface area contributed by atoms with Crippen molar-refractivity contribution in [3.63, 3.8) is 0 Å². The Morgan fingerprint density at radius 1 is 1.35 bits per heavy atom. The third-order valence-electron chi connectivity index (χ3n) is 3.55. The fourth-order valence-electron chi connectivity index (χ4n) is 2.31.